The molecule has 0 bridgehead atoms. The van der Waals surface area contributed by atoms with E-state index in [2.05, 4.69) is 37.2 Å². The van der Waals surface area contributed by atoms with Gasteiger partial charge in [-0.05, 0) is 62.6 Å². The second kappa shape index (κ2) is 8.84. The van der Waals surface area contributed by atoms with Gasteiger partial charge in [0.15, 0.2) is 0 Å². The Morgan fingerprint density at radius 3 is 2.48 bits per heavy atom. The quantitative estimate of drug-likeness (QED) is 0.664. The minimum Gasteiger partial charge on any atom is -0.491 e. The number of carboxylic acid groups (broad SMARTS) is 1. The number of halogens is 2. The minimum atomic E-state index is -1.01. The van der Waals surface area contributed by atoms with Gasteiger partial charge in [0, 0.05) is 12.6 Å². The Morgan fingerprint density at radius 1 is 1.33 bits per heavy atom. The van der Waals surface area contributed by atoms with Crippen molar-refractivity contribution >= 4 is 49.8 Å². The smallest absolute Gasteiger partial charge is 0.328 e. The van der Waals surface area contributed by atoms with E-state index in [0.717, 1.165) is 6.08 Å². The maximum atomic E-state index is 11.3. The Balaban J connectivity index is 2.72. The van der Waals surface area contributed by atoms with Crippen LogP contribution < -0.4 is 10.1 Å². The number of rotatable bonds is 7. The zero-order chi connectivity index (χ0) is 15.8. The van der Waals surface area contributed by atoms with Gasteiger partial charge in [-0.15, -0.1) is 0 Å². The molecule has 0 unspecified atom stereocenters. The molecule has 7 heteroatoms. The number of amides is 1. The van der Waals surface area contributed by atoms with Crippen LogP contribution in [0.4, 0.5) is 0 Å². The number of carboxylic acids is 1. The highest BCUT2D eigenvalue weighted by Gasteiger charge is 2.09. The Labute approximate surface area is 139 Å². The molecule has 0 heterocycles. The topological polar surface area (TPSA) is 75.6 Å². The first-order valence-electron chi connectivity index (χ1n) is 6.23. The molecule has 0 saturated carbocycles. The second-order valence-electron chi connectivity index (χ2n) is 4.04. The highest BCUT2D eigenvalue weighted by molar-refractivity contribution is 9.11. The van der Waals surface area contributed by atoms with E-state index in [1.807, 2.05) is 6.92 Å². The molecule has 0 aliphatic heterocycles. The van der Waals surface area contributed by atoms with Crippen LogP contribution >= 0.6 is 31.9 Å². The molecule has 114 valence electrons. The molecule has 0 spiro atoms. The monoisotopic (exact) mass is 419 g/mol. The van der Waals surface area contributed by atoms with E-state index in [1.165, 1.54) is 6.08 Å². The molecule has 0 atom stereocenters. The van der Waals surface area contributed by atoms with E-state index in [4.69, 9.17) is 9.84 Å². The standard InChI is InChI=1S/C14H15Br2NO4/c1-2-17-12(18)5-6-21-14-10(15)7-9(8-11(14)16)3-4-13(19)20/h3-4,7-8H,2,5-6H2,1H3,(H,17,18)(H,19,20)/b4-3+. The number of nitrogens with one attached hydrogen (secondary N) is 1. The lowest BCUT2D eigenvalue weighted by Crippen LogP contribution is -2.24. The van der Waals surface area contributed by atoms with Crippen LogP contribution in [-0.4, -0.2) is 30.1 Å². The lowest BCUT2D eigenvalue weighted by Gasteiger charge is -2.11. The van der Waals surface area contributed by atoms with Gasteiger partial charge in [-0.2, -0.15) is 0 Å². The van der Waals surface area contributed by atoms with Gasteiger partial charge >= 0.3 is 5.97 Å². The van der Waals surface area contributed by atoms with Crippen LogP contribution in [0.3, 0.4) is 0 Å². The summed E-state index contributed by atoms with van der Waals surface area (Å²) in [5, 5.41) is 11.3. The summed E-state index contributed by atoms with van der Waals surface area (Å²) in [7, 11) is 0. The minimum absolute atomic E-state index is 0.0641. The van der Waals surface area contributed by atoms with E-state index in [0.29, 0.717) is 26.8 Å². The maximum absolute atomic E-state index is 11.3. The van der Waals surface area contributed by atoms with Crippen molar-refractivity contribution in [3.8, 4) is 5.75 Å². The molecule has 0 radical (unpaired) electrons. The SMILES string of the molecule is CCNC(=O)CCOc1c(Br)cc(/C=C/C(=O)O)cc1Br. The molecule has 21 heavy (non-hydrogen) atoms. The first kappa shape index (κ1) is 17.7. The summed E-state index contributed by atoms with van der Waals surface area (Å²) in [4.78, 5) is 21.8. The second-order valence-corrected chi connectivity index (χ2v) is 5.75. The van der Waals surface area contributed by atoms with Crippen LogP contribution in [0.2, 0.25) is 0 Å². The summed E-state index contributed by atoms with van der Waals surface area (Å²) in [5.74, 6) is -0.498. The third kappa shape index (κ3) is 6.31. The van der Waals surface area contributed by atoms with Crippen LogP contribution in [0.15, 0.2) is 27.2 Å². The number of ether oxygens (including phenoxy) is 1. The predicted molar refractivity (Wildman–Crippen MR) is 87.3 cm³/mol. The van der Waals surface area contributed by atoms with Crippen molar-refractivity contribution in [1.82, 2.24) is 5.32 Å². The fourth-order valence-corrected chi connectivity index (χ4v) is 2.96. The molecule has 0 fully saturated rings. The lowest BCUT2D eigenvalue weighted by molar-refractivity contribution is -0.131. The van der Waals surface area contributed by atoms with Gasteiger partial charge in [-0.3, -0.25) is 4.79 Å². The normalized spacial score (nSPS) is 10.6. The number of aliphatic carboxylic acids is 1. The fourth-order valence-electron chi connectivity index (χ4n) is 1.51. The van der Waals surface area contributed by atoms with E-state index in [1.54, 1.807) is 12.1 Å². The van der Waals surface area contributed by atoms with Crippen LogP contribution in [-0.2, 0) is 9.59 Å². The molecule has 1 rings (SSSR count). The summed E-state index contributed by atoms with van der Waals surface area (Å²) >= 11 is 6.73. The number of hydrogen-bond acceptors (Lipinski definition) is 3. The van der Waals surface area contributed by atoms with Gasteiger partial charge in [0.05, 0.1) is 22.0 Å². The zero-order valence-corrected chi connectivity index (χ0v) is 14.5. The molecular weight excluding hydrogens is 406 g/mol. The fraction of sp³-hybridized carbons (Fsp3) is 0.286. The molecule has 0 aliphatic carbocycles. The number of benzene rings is 1. The van der Waals surface area contributed by atoms with Crippen molar-refractivity contribution in [2.24, 2.45) is 0 Å². The van der Waals surface area contributed by atoms with Gasteiger partial charge in [0.1, 0.15) is 5.75 Å². The van der Waals surface area contributed by atoms with Gasteiger partial charge in [0.2, 0.25) is 5.91 Å². The van der Waals surface area contributed by atoms with E-state index in [9.17, 15) is 9.59 Å². The molecule has 0 saturated heterocycles. The summed E-state index contributed by atoms with van der Waals surface area (Å²) < 4.78 is 6.93. The number of hydrogen-bond donors (Lipinski definition) is 2. The highest BCUT2D eigenvalue weighted by Crippen LogP contribution is 2.35. The summed E-state index contributed by atoms with van der Waals surface area (Å²) in [5.41, 5.74) is 0.715. The molecule has 2 N–H and O–H groups in total. The van der Waals surface area contributed by atoms with Gasteiger partial charge < -0.3 is 15.2 Å². The molecule has 0 aromatic heterocycles. The highest BCUT2D eigenvalue weighted by atomic mass is 79.9. The van der Waals surface area contributed by atoms with Gasteiger partial charge in [0.25, 0.3) is 0 Å². The molecule has 0 aliphatic rings. The van der Waals surface area contributed by atoms with Crippen molar-refractivity contribution < 1.29 is 19.4 Å². The molecule has 5 nitrogen and oxygen atoms in total. The average Bonchev–Trinajstić information content (AvgIpc) is 2.40. The van der Waals surface area contributed by atoms with Crippen LogP contribution in [0.25, 0.3) is 6.08 Å². The summed E-state index contributed by atoms with van der Waals surface area (Å²) in [6.45, 7) is 2.71. The molecule has 1 aromatic rings. The lowest BCUT2D eigenvalue weighted by atomic mass is 10.2. The first-order valence-corrected chi connectivity index (χ1v) is 7.82. The third-order valence-corrected chi connectivity index (χ3v) is 3.57. The molecular formula is C14H15Br2NO4. The largest absolute Gasteiger partial charge is 0.491 e. The van der Waals surface area contributed by atoms with Crippen molar-refractivity contribution in [2.75, 3.05) is 13.2 Å². The van der Waals surface area contributed by atoms with Crippen LogP contribution in [0.1, 0.15) is 18.9 Å². The van der Waals surface area contributed by atoms with Crippen molar-refractivity contribution in [1.29, 1.82) is 0 Å². The van der Waals surface area contributed by atoms with Crippen LogP contribution in [0.5, 0.6) is 5.75 Å². The Morgan fingerprint density at radius 2 is 1.95 bits per heavy atom. The number of carbonyl (C=O) groups excluding carboxylic acids is 1. The summed E-state index contributed by atoms with van der Waals surface area (Å²) in [6.07, 6.45) is 2.81. The maximum Gasteiger partial charge on any atom is 0.328 e. The average molecular weight is 421 g/mol. The molecule has 1 aromatic carbocycles. The molecule has 1 amide bonds. The van der Waals surface area contributed by atoms with E-state index >= 15 is 0 Å². The summed E-state index contributed by atoms with van der Waals surface area (Å²) in [6, 6.07) is 3.48. The Kier molecular flexibility index (Phi) is 7.45. The Bertz CT molecular complexity index is 535. The van der Waals surface area contributed by atoms with Crippen LogP contribution in [0, 0.1) is 0 Å². The number of carbonyl (C=O) groups is 2. The van der Waals surface area contributed by atoms with Crippen molar-refractivity contribution in [3.63, 3.8) is 0 Å². The van der Waals surface area contributed by atoms with Crippen molar-refractivity contribution in [2.45, 2.75) is 13.3 Å². The zero-order valence-electron chi connectivity index (χ0n) is 11.4. The predicted octanol–water partition coefficient (Wildman–Crippen LogP) is 3.21. The third-order valence-electron chi connectivity index (χ3n) is 2.39. The first-order chi connectivity index (χ1) is 9.93. The van der Waals surface area contributed by atoms with E-state index in [-0.39, 0.29) is 18.9 Å². The van der Waals surface area contributed by atoms with Gasteiger partial charge in [-0.25, -0.2) is 4.79 Å². The van der Waals surface area contributed by atoms with Gasteiger partial charge in [-0.1, -0.05) is 0 Å². The Hall–Kier alpha value is -1.34. The van der Waals surface area contributed by atoms with E-state index < -0.39 is 5.97 Å². The van der Waals surface area contributed by atoms with Crippen molar-refractivity contribution in [3.05, 3.63) is 32.7 Å².